The van der Waals surface area contributed by atoms with E-state index in [1.54, 1.807) is 0 Å². The van der Waals surface area contributed by atoms with Crippen LogP contribution in [-0.4, -0.2) is 18.6 Å². The summed E-state index contributed by atoms with van der Waals surface area (Å²) in [4.78, 5) is 0. The van der Waals surface area contributed by atoms with E-state index in [2.05, 4.69) is 19.2 Å². The molecule has 1 fully saturated rings. The molecule has 1 aliphatic rings. The normalized spacial score (nSPS) is 24.3. The minimum Gasteiger partial charge on any atom is -0.329 e. The van der Waals surface area contributed by atoms with Crippen LogP contribution >= 0.6 is 0 Å². The molecule has 1 aliphatic carbocycles. The second-order valence-corrected chi connectivity index (χ2v) is 3.43. The van der Waals surface area contributed by atoms with E-state index in [0.717, 1.165) is 19.0 Å². The van der Waals surface area contributed by atoms with Gasteiger partial charge in [-0.25, -0.2) is 0 Å². The molecule has 2 nitrogen and oxygen atoms in total. The van der Waals surface area contributed by atoms with Crippen molar-refractivity contribution in [2.75, 3.05) is 13.1 Å². The van der Waals surface area contributed by atoms with Gasteiger partial charge in [0.25, 0.3) is 0 Å². The molecule has 0 aliphatic heterocycles. The van der Waals surface area contributed by atoms with E-state index in [4.69, 9.17) is 5.73 Å². The molecule has 0 spiro atoms. The first-order chi connectivity index (χ1) is 4.73. The molecule has 0 aromatic rings. The maximum Gasteiger partial charge on any atom is 0.0303 e. The zero-order chi connectivity index (χ0) is 7.61. The summed E-state index contributed by atoms with van der Waals surface area (Å²) in [5.74, 6) is 0.845. The summed E-state index contributed by atoms with van der Waals surface area (Å²) in [7, 11) is 0. The second kappa shape index (κ2) is 2.89. The summed E-state index contributed by atoms with van der Waals surface area (Å²) in [6.07, 6.45) is 2.72. The lowest BCUT2D eigenvalue weighted by atomic mass is 9.96. The van der Waals surface area contributed by atoms with Gasteiger partial charge < -0.3 is 11.1 Å². The van der Waals surface area contributed by atoms with Crippen LogP contribution in [0.2, 0.25) is 0 Å². The summed E-state index contributed by atoms with van der Waals surface area (Å²) >= 11 is 0. The molecule has 0 aromatic carbocycles. The van der Waals surface area contributed by atoms with Crippen molar-refractivity contribution in [3.8, 4) is 0 Å². The number of rotatable bonds is 4. The standard InChI is InChI=1S/C8H18N2/c1-3-10-8(2,6-9)7-4-5-7/h7,10H,3-6,9H2,1-2H3. The number of hydrogen-bond donors (Lipinski definition) is 2. The molecule has 0 radical (unpaired) electrons. The van der Waals surface area contributed by atoms with Crippen molar-refractivity contribution in [3.63, 3.8) is 0 Å². The van der Waals surface area contributed by atoms with Gasteiger partial charge in [-0.2, -0.15) is 0 Å². The van der Waals surface area contributed by atoms with Crippen LogP contribution in [0.3, 0.4) is 0 Å². The van der Waals surface area contributed by atoms with Gasteiger partial charge in [-0.15, -0.1) is 0 Å². The zero-order valence-electron chi connectivity index (χ0n) is 6.98. The highest BCUT2D eigenvalue weighted by molar-refractivity contribution is 4.98. The Morgan fingerprint density at radius 2 is 2.20 bits per heavy atom. The molecule has 1 saturated carbocycles. The third-order valence-corrected chi connectivity index (χ3v) is 2.48. The molecule has 3 N–H and O–H groups in total. The Bertz CT molecular complexity index is 110. The highest BCUT2D eigenvalue weighted by atomic mass is 15.0. The van der Waals surface area contributed by atoms with E-state index in [-0.39, 0.29) is 5.54 Å². The SMILES string of the molecule is CCNC(C)(CN)C1CC1. The van der Waals surface area contributed by atoms with Crippen LogP contribution in [0, 0.1) is 5.92 Å². The highest BCUT2D eigenvalue weighted by Gasteiger charge is 2.39. The zero-order valence-corrected chi connectivity index (χ0v) is 6.98. The Hall–Kier alpha value is -0.0800. The summed E-state index contributed by atoms with van der Waals surface area (Å²) in [6.45, 7) is 6.17. The molecule has 2 heteroatoms. The number of likely N-dealkylation sites (N-methyl/N-ethyl adjacent to an activating group) is 1. The van der Waals surface area contributed by atoms with Gasteiger partial charge in [0.1, 0.15) is 0 Å². The lowest BCUT2D eigenvalue weighted by Gasteiger charge is -2.28. The minimum atomic E-state index is 0.231. The van der Waals surface area contributed by atoms with Gasteiger partial charge in [0.15, 0.2) is 0 Å². The topological polar surface area (TPSA) is 38.0 Å². The Morgan fingerprint density at radius 1 is 1.60 bits per heavy atom. The predicted octanol–water partition coefficient (Wildman–Crippen LogP) is 0.723. The molecule has 10 heavy (non-hydrogen) atoms. The van der Waals surface area contributed by atoms with Crippen molar-refractivity contribution in [1.29, 1.82) is 0 Å². The molecule has 0 amide bonds. The smallest absolute Gasteiger partial charge is 0.0303 e. The summed E-state index contributed by atoms with van der Waals surface area (Å²) in [5, 5.41) is 3.45. The van der Waals surface area contributed by atoms with Gasteiger partial charge in [-0.3, -0.25) is 0 Å². The minimum absolute atomic E-state index is 0.231. The van der Waals surface area contributed by atoms with Crippen molar-refractivity contribution in [2.24, 2.45) is 11.7 Å². The Labute approximate surface area is 63.2 Å². The molecule has 0 aromatic heterocycles. The maximum atomic E-state index is 5.67. The average Bonchev–Trinajstić information content (AvgIpc) is 2.69. The van der Waals surface area contributed by atoms with E-state index < -0.39 is 0 Å². The first-order valence-corrected chi connectivity index (χ1v) is 4.18. The Balaban J connectivity index is 2.39. The number of hydrogen-bond acceptors (Lipinski definition) is 2. The molecule has 1 rings (SSSR count). The van der Waals surface area contributed by atoms with Crippen molar-refractivity contribution in [1.82, 2.24) is 5.32 Å². The van der Waals surface area contributed by atoms with Crippen molar-refractivity contribution in [3.05, 3.63) is 0 Å². The fourth-order valence-electron chi connectivity index (χ4n) is 1.51. The fraction of sp³-hybridized carbons (Fsp3) is 1.00. The average molecular weight is 142 g/mol. The van der Waals surface area contributed by atoms with Crippen LogP contribution < -0.4 is 11.1 Å². The monoisotopic (exact) mass is 142 g/mol. The fourth-order valence-corrected chi connectivity index (χ4v) is 1.51. The second-order valence-electron chi connectivity index (χ2n) is 3.43. The van der Waals surface area contributed by atoms with Gasteiger partial charge in [-0.1, -0.05) is 6.92 Å². The van der Waals surface area contributed by atoms with E-state index in [1.807, 2.05) is 0 Å². The van der Waals surface area contributed by atoms with E-state index in [1.165, 1.54) is 12.8 Å². The molecular weight excluding hydrogens is 124 g/mol. The van der Waals surface area contributed by atoms with E-state index in [9.17, 15) is 0 Å². The molecule has 0 heterocycles. The lowest BCUT2D eigenvalue weighted by molar-refractivity contribution is 0.327. The maximum absolute atomic E-state index is 5.67. The quantitative estimate of drug-likeness (QED) is 0.607. The largest absolute Gasteiger partial charge is 0.329 e. The van der Waals surface area contributed by atoms with Gasteiger partial charge in [0.2, 0.25) is 0 Å². The first kappa shape index (κ1) is 8.02. The third kappa shape index (κ3) is 1.50. The van der Waals surface area contributed by atoms with Gasteiger partial charge in [0, 0.05) is 12.1 Å². The van der Waals surface area contributed by atoms with Crippen LogP contribution in [0.5, 0.6) is 0 Å². The van der Waals surface area contributed by atoms with Crippen LogP contribution in [0.1, 0.15) is 26.7 Å². The predicted molar refractivity (Wildman–Crippen MR) is 43.9 cm³/mol. The van der Waals surface area contributed by atoms with E-state index in [0.29, 0.717) is 0 Å². The van der Waals surface area contributed by atoms with Crippen molar-refractivity contribution < 1.29 is 0 Å². The summed E-state index contributed by atoms with van der Waals surface area (Å²) in [6, 6.07) is 0. The summed E-state index contributed by atoms with van der Waals surface area (Å²) < 4.78 is 0. The van der Waals surface area contributed by atoms with Gasteiger partial charge in [0.05, 0.1) is 0 Å². The first-order valence-electron chi connectivity index (χ1n) is 4.18. The van der Waals surface area contributed by atoms with Crippen LogP contribution in [0.4, 0.5) is 0 Å². The number of nitrogens with one attached hydrogen (secondary N) is 1. The van der Waals surface area contributed by atoms with Crippen LogP contribution in [0.15, 0.2) is 0 Å². The van der Waals surface area contributed by atoms with Crippen LogP contribution in [0.25, 0.3) is 0 Å². The third-order valence-electron chi connectivity index (χ3n) is 2.48. The molecule has 1 unspecified atom stereocenters. The number of nitrogens with two attached hydrogens (primary N) is 1. The van der Waals surface area contributed by atoms with Crippen LogP contribution in [-0.2, 0) is 0 Å². The Morgan fingerprint density at radius 3 is 2.50 bits per heavy atom. The molecule has 0 bridgehead atoms. The van der Waals surface area contributed by atoms with Gasteiger partial charge >= 0.3 is 0 Å². The molecule has 1 atom stereocenters. The van der Waals surface area contributed by atoms with Crippen molar-refractivity contribution >= 4 is 0 Å². The lowest BCUT2D eigenvalue weighted by Crippen LogP contribution is -2.50. The highest BCUT2D eigenvalue weighted by Crippen LogP contribution is 2.38. The summed E-state index contributed by atoms with van der Waals surface area (Å²) in [5.41, 5.74) is 5.90. The van der Waals surface area contributed by atoms with Gasteiger partial charge in [-0.05, 0) is 32.2 Å². The Kier molecular flexibility index (Phi) is 2.32. The molecular formula is C8H18N2. The van der Waals surface area contributed by atoms with E-state index >= 15 is 0 Å². The molecule has 0 saturated heterocycles. The van der Waals surface area contributed by atoms with Crippen molar-refractivity contribution in [2.45, 2.75) is 32.2 Å². The molecule has 60 valence electrons.